The van der Waals surface area contributed by atoms with Crippen molar-refractivity contribution in [1.82, 2.24) is 4.98 Å². The molecule has 1 aliphatic carbocycles. The van der Waals surface area contributed by atoms with Gasteiger partial charge in [0.1, 0.15) is 11.6 Å². The minimum absolute atomic E-state index is 0.156. The van der Waals surface area contributed by atoms with Gasteiger partial charge in [-0.05, 0) is 94.2 Å². The van der Waals surface area contributed by atoms with Crippen LogP contribution in [0.4, 0.5) is 10.1 Å². The number of benzene rings is 2. The number of hydrogen-bond acceptors (Lipinski definition) is 5. The fourth-order valence-electron chi connectivity index (χ4n) is 6.71. The highest BCUT2D eigenvalue weighted by Crippen LogP contribution is 2.48. The summed E-state index contributed by atoms with van der Waals surface area (Å²) in [6.45, 7) is 10.4. The molecule has 0 bridgehead atoms. The summed E-state index contributed by atoms with van der Waals surface area (Å²) in [7, 11) is 0. The van der Waals surface area contributed by atoms with Crippen molar-refractivity contribution in [3.63, 3.8) is 0 Å². The quantitative estimate of drug-likeness (QED) is 0.251. The monoisotopic (exact) mass is 558 g/mol. The van der Waals surface area contributed by atoms with Gasteiger partial charge >= 0.3 is 5.97 Å². The first-order chi connectivity index (χ1) is 19.7. The summed E-state index contributed by atoms with van der Waals surface area (Å²) in [5.74, 6) is 0.347. The highest BCUT2D eigenvalue weighted by atomic mass is 19.1. The molecule has 5 nitrogen and oxygen atoms in total. The molecule has 1 spiro atoms. The maximum absolute atomic E-state index is 13.2. The van der Waals surface area contributed by atoms with E-state index in [1.165, 1.54) is 50.7 Å². The molecule has 3 aromatic rings. The zero-order valence-electron chi connectivity index (χ0n) is 25.0. The van der Waals surface area contributed by atoms with Crippen LogP contribution >= 0.6 is 0 Å². The summed E-state index contributed by atoms with van der Waals surface area (Å²) in [4.78, 5) is 20.3. The molecule has 0 radical (unpaired) electrons. The summed E-state index contributed by atoms with van der Waals surface area (Å²) >= 11 is 0. The number of ether oxygens (including phenoxy) is 2. The van der Waals surface area contributed by atoms with Crippen LogP contribution in [0.25, 0.3) is 11.1 Å². The Hall–Kier alpha value is -3.41. The molecule has 0 atom stereocenters. The lowest BCUT2D eigenvalue weighted by Gasteiger charge is -2.42. The molecule has 1 saturated carbocycles. The number of aromatic nitrogens is 1. The SMILES string of the molecule is Cc1nc(C)c(-c2ccc(OCCc3ccc(F)cc3)cc2)c(N2CCC3(CCCC3)CC2)c1CC(=O)OC(C)C. The van der Waals surface area contributed by atoms with Gasteiger partial charge in [-0.2, -0.15) is 0 Å². The Kier molecular flexibility index (Phi) is 8.96. The largest absolute Gasteiger partial charge is 0.493 e. The van der Waals surface area contributed by atoms with Gasteiger partial charge in [0.15, 0.2) is 0 Å². The zero-order chi connectivity index (χ0) is 29.0. The number of esters is 1. The molecule has 2 aliphatic rings. The molecule has 1 saturated heterocycles. The number of rotatable bonds is 9. The highest BCUT2D eigenvalue weighted by Gasteiger charge is 2.38. The Balaban J connectivity index is 1.42. The van der Waals surface area contributed by atoms with Crippen molar-refractivity contribution in [2.75, 3.05) is 24.6 Å². The average Bonchev–Trinajstić information content (AvgIpc) is 3.39. The highest BCUT2D eigenvalue weighted by molar-refractivity contribution is 5.87. The third-order valence-corrected chi connectivity index (χ3v) is 8.87. The summed E-state index contributed by atoms with van der Waals surface area (Å²) in [5, 5.41) is 0. The first-order valence-electron chi connectivity index (χ1n) is 15.2. The Bertz CT molecular complexity index is 1340. The van der Waals surface area contributed by atoms with E-state index < -0.39 is 0 Å². The fourth-order valence-corrected chi connectivity index (χ4v) is 6.71. The number of carbonyl (C=O) groups excluding carboxylic acids is 1. The molecule has 0 amide bonds. The van der Waals surface area contributed by atoms with Gasteiger partial charge in [-0.25, -0.2) is 4.39 Å². The van der Waals surface area contributed by atoms with E-state index in [0.29, 0.717) is 18.4 Å². The van der Waals surface area contributed by atoms with Gasteiger partial charge in [0, 0.05) is 42.0 Å². The number of pyridine rings is 1. The number of aryl methyl sites for hydroxylation is 2. The van der Waals surface area contributed by atoms with Crippen LogP contribution in [0.15, 0.2) is 48.5 Å². The van der Waals surface area contributed by atoms with Gasteiger partial charge in [-0.15, -0.1) is 0 Å². The van der Waals surface area contributed by atoms with E-state index in [0.717, 1.165) is 58.2 Å². The van der Waals surface area contributed by atoms with E-state index in [1.54, 1.807) is 12.1 Å². The average molecular weight is 559 g/mol. The van der Waals surface area contributed by atoms with E-state index >= 15 is 0 Å². The second kappa shape index (κ2) is 12.6. The van der Waals surface area contributed by atoms with Crippen LogP contribution in [0, 0.1) is 25.1 Å². The van der Waals surface area contributed by atoms with Gasteiger partial charge in [0.25, 0.3) is 0 Å². The van der Waals surface area contributed by atoms with Crippen LogP contribution in [0.1, 0.15) is 74.9 Å². The van der Waals surface area contributed by atoms with Crippen LogP contribution in [0.5, 0.6) is 5.75 Å². The molecule has 2 heterocycles. The number of piperidine rings is 1. The van der Waals surface area contributed by atoms with Gasteiger partial charge in [0.05, 0.1) is 24.8 Å². The summed E-state index contributed by atoms with van der Waals surface area (Å²) in [5.41, 5.74) is 7.65. The Morgan fingerprint density at radius 1 is 0.951 bits per heavy atom. The van der Waals surface area contributed by atoms with Crippen molar-refractivity contribution in [3.8, 4) is 16.9 Å². The van der Waals surface area contributed by atoms with Crippen LogP contribution in [-0.2, 0) is 22.4 Å². The molecule has 2 fully saturated rings. The van der Waals surface area contributed by atoms with Crippen LogP contribution in [-0.4, -0.2) is 36.8 Å². The summed E-state index contributed by atoms with van der Waals surface area (Å²) in [6.07, 6.45) is 8.55. The molecule has 1 aromatic heterocycles. The molecule has 0 N–H and O–H groups in total. The predicted molar refractivity (Wildman–Crippen MR) is 162 cm³/mol. The molecule has 6 heteroatoms. The normalized spacial score (nSPS) is 16.4. The maximum Gasteiger partial charge on any atom is 0.310 e. The van der Waals surface area contributed by atoms with E-state index in [4.69, 9.17) is 14.5 Å². The molecule has 2 aromatic carbocycles. The Labute approximate surface area is 244 Å². The van der Waals surface area contributed by atoms with Gasteiger partial charge < -0.3 is 14.4 Å². The third-order valence-electron chi connectivity index (χ3n) is 8.87. The first kappa shape index (κ1) is 29.1. The standard InChI is InChI=1S/C35H43FN2O3/c1-24(2)41-32(39)23-31-25(3)37-26(4)33(34(31)38-20-18-35(19-21-38)16-5-6-17-35)28-9-13-30(14-10-28)40-22-15-27-7-11-29(36)12-8-27/h7-14,24H,5-6,15-23H2,1-4H3. The zero-order valence-corrected chi connectivity index (χ0v) is 25.0. The Morgan fingerprint density at radius 3 is 2.24 bits per heavy atom. The van der Waals surface area contributed by atoms with Gasteiger partial charge in [-0.1, -0.05) is 37.1 Å². The lowest BCUT2D eigenvalue weighted by molar-refractivity contribution is -0.146. The van der Waals surface area contributed by atoms with E-state index in [-0.39, 0.29) is 24.3 Å². The van der Waals surface area contributed by atoms with Crippen molar-refractivity contribution >= 4 is 11.7 Å². The fraction of sp³-hybridized carbons (Fsp3) is 0.486. The molecule has 1 aliphatic heterocycles. The first-order valence-corrected chi connectivity index (χ1v) is 15.2. The van der Waals surface area contributed by atoms with Crippen LogP contribution < -0.4 is 9.64 Å². The van der Waals surface area contributed by atoms with Gasteiger partial charge in [-0.3, -0.25) is 9.78 Å². The molecule has 41 heavy (non-hydrogen) atoms. The minimum Gasteiger partial charge on any atom is -0.493 e. The lowest BCUT2D eigenvalue weighted by Crippen LogP contribution is -2.40. The Morgan fingerprint density at radius 2 is 1.61 bits per heavy atom. The molecule has 218 valence electrons. The van der Waals surface area contributed by atoms with Crippen LogP contribution in [0.2, 0.25) is 0 Å². The minimum atomic E-state index is -0.229. The molecular formula is C35H43FN2O3. The molecular weight excluding hydrogens is 515 g/mol. The predicted octanol–water partition coefficient (Wildman–Crippen LogP) is 7.78. The number of hydrogen-bond donors (Lipinski definition) is 0. The number of anilines is 1. The third kappa shape index (κ3) is 6.91. The van der Waals surface area contributed by atoms with Crippen molar-refractivity contribution in [1.29, 1.82) is 0 Å². The molecule has 0 unspecified atom stereocenters. The topological polar surface area (TPSA) is 51.7 Å². The van der Waals surface area contributed by atoms with Crippen molar-refractivity contribution in [2.45, 2.75) is 85.2 Å². The van der Waals surface area contributed by atoms with Gasteiger partial charge in [0.2, 0.25) is 0 Å². The van der Waals surface area contributed by atoms with E-state index in [9.17, 15) is 9.18 Å². The number of carbonyl (C=O) groups is 1. The number of nitrogens with zero attached hydrogens (tertiary/aromatic N) is 2. The summed E-state index contributed by atoms with van der Waals surface area (Å²) in [6, 6.07) is 14.7. The van der Waals surface area contributed by atoms with Crippen molar-refractivity contribution in [2.24, 2.45) is 5.41 Å². The van der Waals surface area contributed by atoms with E-state index in [1.807, 2.05) is 32.9 Å². The second-order valence-corrected chi connectivity index (χ2v) is 12.1. The van der Waals surface area contributed by atoms with E-state index in [2.05, 4.69) is 24.0 Å². The van der Waals surface area contributed by atoms with Crippen LogP contribution in [0.3, 0.4) is 0 Å². The number of halogens is 1. The molecule has 5 rings (SSSR count). The lowest BCUT2D eigenvalue weighted by atomic mass is 9.76. The van der Waals surface area contributed by atoms with Crippen molar-refractivity contribution < 1.29 is 18.7 Å². The summed E-state index contributed by atoms with van der Waals surface area (Å²) < 4.78 is 24.8. The maximum atomic E-state index is 13.2. The smallest absolute Gasteiger partial charge is 0.310 e. The van der Waals surface area contributed by atoms with Crippen molar-refractivity contribution in [3.05, 3.63) is 76.9 Å². The second-order valence-electron chi connectivity index (χ2n) is 12.1.